The van der Waals surface area contributed by atoms with E-state index in [-0.39, 0.29) is 12.5 Å². The van der Waals surface area contributed by atoms with E-state index in [9.17, 15) is 9.59 Å². The van der Waals surface area contributed by atoms with Crippen LogP contribution in [0.5, 0.6) is 0 Å². The Hall–Kier alpha value is -3.41. The zero-order valence-corrected chi connectivity index (χ0v) is 14.6. The third-order valence-corrected chi connectivity index (χ3v) is 3.91. The Morgan fingerprint density at radius 3 is 2.35 bits per heavy atom. The molecule has 0 aliphatic carbocycles. The van der Waals surface area contributed by atoms with Crippen LogP contribution in [-0.2, 0) is 9.53 Å². The lowest BCUT2D eigenvalue weighted by molar-refractivity contribution is -0.119. The van der Waals surface area contributed by atoms with E-state index < -0.39 is 5.97 Å². The van der Waals surface area contributed by atoms with Gasteiger partial charge in [0.15, 0.2) is 6.61 Å². The zero-order valence-electron chi connectivity index (χ0n) is 14.6. The van der Waals surface area contributed by atoms with Crippen LogP contribution in [0.4, 0.5) is 5.69 Å². The summed E-state index contributed by atoms with van der Waals surface area (Å²) in [4.78, 5) is 31.5. The van der Waals surface area contributed by atoms with E-state index >= 15 is 0 Å². The number of aromatic amines is 1. The minimum Gasteiger partial charge on any atom is -0.452 e. The molecule has 0 radical (unpaired) electrons. The standard InChI is InChI=1S/C20H19N3O3/c1-13-14(2)22-19(21-13)15-8-10-16(11-9-15)20(25)26-12-18(24)23-17-6-4-3-5-7-17/h3-11H,12H2,1-2H3,(H,21,22)(H,23,24). The maximum Gasteiger partial charge on any atom is 0.338 e. The maximum atomic E-state index is 12.1. The molecule has 1 amide bonds. The number of esters is 1. The van der Waals surface area contributed by atoms with Gasteiger partial charge in [-0.15, -0.1) is 0 Å². The summed E-state index contributed by atoms with van der Waals surface area (Å²) in [6.07, 6.45) is 0. The molecular weight excluding hydrogens is 330 g/mol. The average Bonchev–Trinajstić information content (AvgIpc) is 2.99. The largest absolute Gasteiger partial charge is 0.452 e. The summed E-state index contributed by atoms with van der Waals surface area (Å²) in [6.45, 7) is 3.55. The van der Waals surface area contributed by atoms with Crippen molar-refractivity contribution in [2.75, 3.05) is 11.9 Å². The quantitative estimate of drug-likeness (QED) is 0.691. The molecule has 0 aliphatic rings. The van der Waals surface area contributed by atoms with E-state index in [1.54, 1.807) is 36.4 Å². The molecule has 0 spiro atoms. The molecule has 0 saturated carbocycles. The Labute approximate surface area is 151 Å². The monoisotopic (exact) mass is 349 g/mol. The molecule has 6 nitrogen and oxygen atoms in total. The van der Waals surface area contributed by atoms with Crippen molar-refractivity contribution in [3.63, 3.8) is 0 Å². The fourth-order valence-electron chi connectivity index (χ4n) is 2.38. The third kappa shape index (κ3) is 4.16. The molecule has 0 aliphatic heterocycles. The number of amides is 1. The number of para-hydroxylation sites is 1. The van der Waals surface area contributed by atoms with Gasteiger partial charge in [0.2, 0.25) is 0 Å². The SMILES string of the molecule is Cc1nc(-c2ccc(C(=O)OCC(=O)Nc3ccccc3)cc2)[nH]c1C. The summed E-state index contributed by atoms with van der Waals surface area (Å²) < 4.78 is 5.06. The first-order valence-corrected chi connectivity index (χ1v) is 8.18. The Balaban J connectivity index is 1.57. The van der Waals surface area contributed by atoms with Gasteiger partial charge in [-0.1, -0.05) is 30.3 Å². The van der Waals surface area contributed by atoms with Crippen LogP contribution < -0.4 is 5.32 Å². The van der Waals surface area contributed by atoms with Crippen LogP contribution in [0.2, 0.25) is 0 Å². The molecule has 0 fully saturated rings. The predicted molar refractivity (Wildman–Crippen MR) is 98.9 cm³/mol. The van der Waals surface area contributed by atoms with E-state index in [1.165, 1.54) is 0 Å². The number of nitrogens with zero attached hydrogens (tertiary/aromatic N) is 1. The second-order valence-electron chi connectivity index (χ2n) is 5.86. The molecule has 3 aromatic rings. The molecule has 0 atom stereocenters. The van der Waals surface area contributed by atoms with Gasteiger partial charge in [0.25, 0.3) is 5.91 Å². The van der Waals surface area contributed by atoms with E-state index in [4.69, 9.17) is 4.74 Å². The van der Waals surface area contributed by atoms with Gasteiger partial charge in [-0.05, 0) is 38.1 Å². The number of anilines is 1. The number of benzene rings is 2. The van der Waals surface area contributed by atoms with Crippen molar-refractivity contribution < 1.29 is 14.3 Å². The number of aryl methyl sites for hydroxylation is 2. The number of imidazole rings is 1. The highest BCUT2D eigenvalue weighted by molar-refractivity contribution is 5.95. The predicted octanol–water partition coefficient (Wildman–Crippen LogP) is 3.49. The molecule has 6 heteroatoms. The minimum atomic E-state index is -0.549. The number of ether oxygens (including phenoxy) is 1. The summed E-state index contributed by atoms with van der Waals surface area (Å²) in [5, 5.41) is 2.66. The lowest BCUT2D eigenvalue weighted by atomic mass is 10.1. The van der Waals surface area contributed by atoms with Crippen LogP contribution in [0, 0.1) is 13.8 Å². The highest BCUT2D eigenvalue weighted by Gasteiger charge is 2.12. The first kappa shape index (κ1) is 17.4. The molecule has 3 rings (SSSR count). The third-order valence-electron chi connectivity index (χ3n) is 3.91. The van der Waals surface area contributed by atoms with E-state index in [2.05, 4.69) is 15.3 Å². The molecule has 1 heterocycles. The lowest BCUT2D eigenvalue weighted by Crippen LogP contribution is -2.20. The number of carbonyl (C=O) groups excluding carboxylic acids is 2. The van der Waals surface area contributed by atoms with Gasteiger partial charge in [-0.3, -0.25) is 4.79 Å². The van der Waals surface area contributed by atoms with E-state index in [0.717, 1.165) is 22.8 Å². The minimum absolute atomic E-state index is 0.341. The Morgan fingerprint density at radius 2 is 1.73 bits per heavy atom. The van der Waals surface area contributed by atoms with Crippen molar-refractivity contribution in [1.82, 2.24) is 9.97 Å². The topological polar surface area (TPSA) is 84.1 Å². The highest BCUT2D eigenvalue weighted by atomic mass is 16.5. The van der Waals surface area contributed by atoms with Gasteiger partial charge in [-0.2, -0.15) is 0 Å². The average molecular weight is 349 g/mol. The molecule has 0 bridgehead atoms. The van der Waals surface area contributed by atoms with Crippen molar-refractivity contribution in [3.05, 3.63) is 71.5 Å². The van der Waals surface area contributed by atoms with Gasteiger partial charge < -0.3 is 15.0 Å². The summed E-state index contributed by atoms with van der Waals surface area (Å²) in [7, 11) is 0. The molecule has 2 aromatic carbocycles. The first-order valence-electron chi connectivity index (χ1n) is 8.18. The number of hydrogen-bond donors (Lipinski definition) is 2. The number of rotatable bonds is 5. The molecule has 132 valence electrons. The van der Waals surface area contributed by atoms with Crippen LogP contribution in [0.3, 0.4) is 0 Å². The summed E-state index contributed by atoms with van der Waals surface area (Å²) >= 11 is 0. The Kier molecular flexibility index (Phi) is 5.12. The number of nitrogens with one attached hydrogen (secondary N) is 2. The molecule has 0 unspecified atom stereocenters. The van der Waals surface area contributed by atoms with Gasteiger partial charge in [0.05, 0.1) is 11.3 Å². The number of H-pyrrole nitrogens is 1. The maximum absolute atomic E-state index is 12.1. The van der Waals surface area contributed by atoms with Crippen LogP contribution >= 0.6 is 0 Å². The lowest BCUT2D eigenvalue weighted by Gasteiger charge is -2.07. The van der Waals surface area contributed by atoms with E-state index in [1.807, 2.05) is 32.0 Å². The number of carbonyl (C=O) groups is 2. The number of aromatic nitrogens is 2. The highest BCUT2D eigenvalue weighted by Crippen LogP contribution is 2.18. The summed E-state index contributed by atoms with van der Waals surface area (Å²) in [5.74, 6) is -0.184. The van der Waals surface area contributed by atoms with Crippen LogP contribution in [-0.4, -0.2) is 28.5 Å². The Morgan fingerprint density at radius 1 is 1.04 bits per heavy atom. The molecule has 2 N–H and O–H groups in total. The van der Waals surface area contributed by atoms with E-state index in [0.29, 0.717) is 11.3 Å². The molecule has 1 aromatic heterocycles. The summed E-state index contributed by atoms with van der Waals surface area (Å²) in [6, 6.07) is 15.9. The smallest absolute Gasteiger partial charge is 0.338 e. The molecular formula is C20H19N3O3. The number of hydrogen-bond acceptors (Lipinski definition) is 4. The Bertz CT molecular complexity index is 896. The summed E-state index contributed by atoms with van der Waals surface area (Å²) in [5.41, 5.74) is 3.85. The van der Waals surface area contributed by atoms with Crippen molar-refractivity contribution in [1.29, 1.82) is 0 Å². The van der Waals surface area contributed by atoms with Crippen molar-refractivity contribution in [2.45, 2.75) is 13.8 Å². The first-order chi connectivity index (χ1) is 12.5. The normalized spacial score (nSPS) is 10.4. The van der Waals surface area contributed by atoms with Crippen LogP contribution in [0.25, 0.3) is 11.4 Å². The molecule has 0 saturated heterocycles. The van der Waals surface area contributed by atoms with Crippen molar-refractivity contribution >= 4 is 17.6 Å². The second-order valence-corrected chi connectivity index (χ2v) is 5.86. The van der Waals surface area contributed by atoms with Crippen LogP contribution in [0.15, 0.2) is 54.6 Å². The second kappa shape index (κ2) is 7.65. The van der Waals surface area contributed by atoms with Crippen LogP contribution in [0.1, 0.15) is 21.7 Å². The van der Waals surface area contributed by atoms with Gasteiger partial charge in [0.1, 0.15) is 5.82 Å². The van der Waals surface area contributed by atoms with Gasteiger partial charge in [-0.25, -0.2) is 9.78 Å². The zero-order chi connectivity index (χ0) is 18.5. The fraction of sp³-hybridized carbons (Fsp3) is 0.150. The molecule has 26 heavy (non-hydrogen) atoms. The van der Waals surface area contributed by atoms with Crippen molar-refractivity contribution in [3.8, 4) is 11.4 Å². The van der Waals surface area contributed by atoms with Gasteiger partial charge in [0, 0.05) is 16.9 Å². The van der Waals surface area contributed by atoms with Gasteiger partial charge >= 0.3 is 5.97 Å². The fourth-order valence-corrected chi connectivity index (χ4v) is 2.38. The van der Waals surface area contributed by atoms with Crippen molar-refractivity contribution in [2.24, 2.45) is 0 Å².